The van der Waals surface area contributed by atoms with Gasteiger partial charge in [0, 0.05) is 41.8 Å². The number of nitrogens with zero attached hydrogens (tertiary/aromatic N) is 1. The molecule has 0 radical (unpaired) electrons. The number of hydrogen-bond donors (Lipinski definition) is 3. The number of H-pyrrole nitrogens is 1. The number of rotatable bonds is 7. The lowest BCUT2D eigenvalue weighted by molar-refractivity contribution is -0.139. The van der Waals surface area contributed by atoms with Crippen LogP contribution in [0.5, 0.6) is 0 Å². The van der Waals surface area contributed by atoms with Gasteiger partial charge < -0.3 is 20.1 Å². The van der Waals surface area contributed by atoms with Crippen molar-refractivity contribution in [2.75, 3.05) is 6.61 Å². The highest BCUT2D eigenvalue weighted by atomic mass is 16.5. The summed E-state index contributed by atoms with van der Waals surface area (Å²) < 4.78 is 5.57. The maximum Gasteiger partial charge on any atom is 0.407 e. The third-order valence-corrected chi connectivity index (χ3v) is 7.14. The lowest BCUT2D eigenvalue weighted by atomic mass is 9.98. The van der Waals surface area contributed by atoms with Crippen LogP contribution in [0.25, 0.3) is 33.2 Å². The first-order valence-electron chi connectivity index (χ1n) is 12.4. The quantitative estimate of drug-likeness (QED) is 0.262. The van der Waals surface area contributed by atoms with Crippen molar-refractivity contribution >= 4 is 23.0 Å². The highest BCUT2D eigenvalue weighted by Crippen LogP contribution is 2.44. The Balaban J connectivity index is 1.15. The number of carbonyl (C=O) groups is 2. The summed E-state index contributed by atoms with van der Waals surface area (Å²) in [6.45, 7) is 0.122. The number of aromatic nitrogens is 2. The van der Waals surface area contributed by atoms with Crippen molar-refractivity contribution in [2.45, 2.75) is 18.4 Å². The molecule has 3 aromatic carbocycles. The van der Waals surface area contributed by atoms with Gasteiger partial charge >= 0.3 is 12.1 Å². The number of aliphatic carboxylic acids is 1. The van der Waals surface area contributed by atoms with Crippen LogP contribution in [0.1, 0.15) is 22.6 Å². The second-order valence-corrected chi connectivity index (χ2v) is 9.37. The molecule has 0 saturated heterocycles. The molecule has 188 valence electrons. The third kappa shape index (κ3) is 4.39. The first kappa shape index (κ1) is 23.5. The number of nitrogens with one attached hydrogen (secondary N) is 2. The minimum Gasteiger partial charge on any atom is -0.480 e. The van der Waals surface area contributed by atoms with Gasteiger partial charge in [-0.05, 0) is 57.1 Å². The molecule has 2 heterocycles. The molecular formula is C31H25N3O4. The molecule has 0 aliphatic heterocycles. The first-order chi connectivity index (χ1) is 18.6. The number of aromatic amines is 1. The fourth-order valence-electron chi connectivity index (χ4n) is 5.28. The van der Waals surface area contributed by atoms with E-state index in [1.807, 2.05) is 66.7 Å². The number of pyridine rings is 1. The van der Waals surface area contributed by atoms with Gasteiger partial charge in [0.05, 0.1) is 0 Å². The van der Waals surface area contributed by atoms with E-state index in [4.69, 9.17) is 4.74 Å². The molecule has 1 atom stereocenters. The highest BCUT2D eigenvalue weighted by Gasteiger charge is 2.30. The number of hydrogen-bond acceptors (Lipinski definition) is 4. The van der Waals surface area contributed by atoms with Gasteiger partial charge in [-0.1, -0.05) is 60.7 Å². The number of benzene rings is 3. The highest BCUT2D eigenvalue weighted by molar-refractivity contribution is 5.89. The molecule has 1 aliphatic carbocycles. The first-order valence-corrected chi connectivity index (χ1v) is 12.4. The Bertz CT molecular complexity index is 1600. The Labute approximate surface area is 219 Å². The van der Waals surface area contributed by atoms with Crippen molar-refractivity contribution in [2.24, 2.45) is 0 Å². The predicted molar refractivity (Wildman–Crippen MR) is 145 cm³/mol. The van der Waals surface area contributed by atoms with Crippen LogP contribution in [0.4, 0.5) is 4.79 Å². The Hall–Kier alpha value is -4.91. The van der Waals surface area contributed by atoms with Crippen molar-refractivity contribution in [3.63, 3.8) is 0 Å². The zero-order valence-electron chi connectivity index (χ0n) is 20.4. The lowest BCUT2D eigenvalue weighted by Crippen LogP contribution is -2.42. The molecule has 7 nitrogen and oxygen atoms in total. The van der Waals surface area contributed by atoms with Gasteiger partial charge in [-0.15, -0.1) is 0 Å². The normalized spacial score (nSPS) is 13.1. The van der Waals surface area contributed by atoms with Crippen molar-refractivity contribution < 1.29 is 19.4 Å². The fraction of sp³-hybridized carbons (Fsp3) is 0.129. The summed E-state index contributed by atoms with van der Waals surface area (Å²) in [5, 5.41) is 13.3. The van der Waals surface area contributed by atoms with Crippen LogP contribution in [-0.2, 0) is 16.0 Å². The van der Waals surface area contributed by atoms with Crippen LogP contribution >= 0.6 is 0 Å². The third-order valence-electron chi connectivity index (χ3n) is 7.14. The van der Waals surface area contributed by atoms with E-state index in [1.165, 1.54) is 0 Å². The molecule has 5 aromatic rings. The van der Waals surface area contributed by atoms with Gasteiger partial charge in [-0.3, -0.25) is 4.98 Å². The molecule has 0 unspecified atom stereocenters. The second kappa shape index (κ2) is 9.86. The smallest absolute Gasteiger partial charge is 0.407 e. The monoisotopic (exact) mass is 503 g/mol. The Morgan fingerprint density at radius 2 is 1.61 bits per heavy atom. The maximum atomic E-state index is 12.7. The summed E-state index contributed by atoms with van der Waals surface area (Å²) in [5.41, 5.74) is 8.21. The van der Waals surface area contributed by atoms with Crippen molar-refractivity contribution in [3.05, 3.63) is 114 Å². The van der Waals surface area contributed by atoms with Gasteiger partial charge in [-0.25, -0.2) is 9.59 Å². The summed E-state index contributed by atoms with van der Waals surface area (Å²) in [5.74, 6) is -1.22. The van der Waals surface area contributed by atoms with Crippen molar-refractivity contribution in [1.82, 2.24) is 15.3 Å². The standard InChI is InChI=1S/C31H25N3O4/c35-30(36)29(16-21-17-33-28-15-20(9-10-22(21)28)19-11-13-32-14-12-19)34-31(37)38-18-27-25-7-3-1-5-23(25)24-6-2-4-8-26(24)27/h1-15,17,27,29,33H,16,18H2,(H,34,37)(H,35,36)/t29-/m0/s1. The van der Waals surface area contributed by atoms with Gasteiger partial charge in [-0.2, -0.15) is 0 Å². The second-order valence-electron chi connectivity index (χ2n) is 9.37. The summed E-state index contributed by atoms with van der Waals surface area (Å²) >= 11 is 0. The zero-order chi connectivity index (χ0) is 26.1. The summed E-state index contributed by atoms with van der Waals surface area (Å²) in [6.07, 6.45) is 4.64. The predicted octanol–water partition coefficient (Wildman–Crippen LogP) is 5.76. The number of alkyl carbamates (subject to hydrolysis) is 1. The van der Waals surface area contributed by atoms with Crippen LogP contribution in [0.3, 0.4) is 0 Å². The number of carboxylic acids is 1. The molecule has 0 fully saturated rings. The van der Waals surface area contributed by atoms with Crippen molar-refractivity contribution in [1.29, 1.82) is 0 Å². The van der Waals surface area contributed by atoms with E-state index in [2.05, 4.69) is 27.4 Å². The Morgan fingerprint density at radius 1 is 0.921 bits per heavy atom. The van der Waals surface area contributed by atoms with E-state index in [0.717, 1.165) is 49.8 Å². The van der Waals surface area contributed by atoms with Gasteiger partial charge in [0.15, 0.2) is 0 Å². The van der Waals surface area contributed by atoms with Gasteiger partial charge in [0.1, 0.15) is 12.6 Å². The summed E-state index contributed by atoms with van der Waals surface area (Å²) in [6, 6.07) is 24.8. The van der Waals surface area contributed by atoms with E-state index in [-0.39, 0.29) is 18.9 Å². The SMILES string of the molecule is O=C(N[C@@H](Cc1c[nH]c2cc(-c3ccncc3)ccc12)C(=O)O)OCC1c2ccccc2-c2ccccc21. The molecule has 7 heteroatoms. The molecule has 1 amide bonds. The molecule has 0 saturated carbocycles. The van der Waals surface area contributed by atoms with E-state index >= 15 is 0 Å². The molecular weight excluding hydrogens is 478 g/mol. The van der Waals surface area contributed by atoms with E-state index in [9.17, 15) is 14.7 Å². The van der Waals surface area contributed by atoms with E-state index in [0.29, 0.717) is 0 Å². The zero-order valence-corrected chi connectivity index (χ0v) is 20.4. The minimum atomic E-state index is -1.13. The van der Waals surface area contributed by atoms with E-state index < -0.39 is 18.1 Å². The molecule has 38 heavy (non-hydrogen) atoms. The Morgan fingerprint density at radius 3 is 2.29 bits per heavy atom. The molecule has 0 bridgehead atoms. The van der Waals surface area contributed by atoms with Crippen LogP contribution in [0.15, 0.2) is 97.5 Å². The van der Waals surface area contributed by atoms with Gasteiger partial charge in [0.25, 0.3) is 0 Å². The van der Waals surface area contributed by atoms with Crippen LogP contribution < -0.4 is 5.32 Å². The molecule has 6 rings (SSSR count). The number of ether oxygens (including phenoxy) is 1. The minimum absolute atomic E-state index is 0.0976. The molecule has 1 aliphatic rings. The molecule has 3 N–H and O–H groups in total. The average Bonchev–Trinajstić information content (AvgIpc) is 3.50. The number of carbonyl (C=O) groups excluding carboxylic acids is 1. The Kier molecular flexibility index (Phi) is 6.09. The molecule has 2 aromatic heterocycles. The number of carboxylic acid groups (broad SMARTS) is 1. The topological polar surface area (TPSA) is 104 Å². The number of amides is 1. The largest absolute Gasteiger partial charge is 0.480 e. The van der Waals surface area contributed by atoms with Gasteiger partial charge in [0.2, 0.25) is 0 Å². The summed E-state index contributed by atoms with van der Waals surface area (Å²) in [7, 11) is 0. The average molecular weight is 504 g/mol. The maximum absolute atomic E-state index is 12.7. The fourth-order valence-corrected chi connectivity index (χ4v) is 5.28. The lowest BCUT2D eigenvalue weighted by Gasteiger charge is -2.17. The number of fused-ring (bicyclic) bond motifs is 4. The van der Waals surface area contributed by atoms with Crippen LogP contribution in [-0.4, -0.2) is 39.8 Å². The van der Waals surface area contributed by atoms with E-state index in [1.54, 1.807) is 18.6 Å². The molecule has 0 spiro atoms. The van der Waals surface area contributed by atoms with Crippen LogP contribution in [0.2, 0.25) is 0 Å². The van der Waals surface area contributed by atoms with Crippen molar-refractivity contribution in [3.8, 4) is 22.3 Å². The van der Waals surface area contributed by atoms with Crippen LogP contribution in [0, 0.1) is 0 Å². The summed E-state index contributed by atoms with van der Waals surface area (Å²) in [4.78, 5) is 32.0.